The van der Waals surface area contributed by atoms with Gasteiger partial charge in [-0.05, 0) is 42.0 Å². The fourth-order valence-electron chi connectivity index (χ4n) is 3.48. The number of hydrogen-bond donors (Lipinski definition) is 3. The molecule has 10 heteroatoms. The number of carbonyl (C=O) groups excluding carboxylic acids is 2. The van der Waals surface area contributed by atoms with Gasteiger partial charge in [0.1, 0.15) is 5.00 Å². The van der Waals surface area contributed by atoms with Crippen LogP contribution in [0.25, 0.3) is 10.9 Å². The van der Waals surface area contributed by atoms with Crippen LogP contribution in [0.3, 0.4) is 0 Å². The van der Waals surface area contributed by atoms with Gasteiger partial charge in [0.05, 0.1) is 11.8 Å². The molecule has 0 saturated carbocycles. The van der Waals surface area contributed by atoms with Crippen LogP contribution in [0.1, 0.15) is 26.4 Å². The molecule has 0 aliphatic heterocycles. The van der Waals surface area contributed by atoms with Gasteiger partial charge in [0.2, 0.25) is 0 Å². The fraction of sp³-hybridized carbons (Fsp3) is 0.0417. The van der Waals surface area contributed by atoms with Crippen LogP contribution in [-0.2, 0) is 6.54 Å². The van der Waals surface area contributed by atoms with Crippen molar-refractivity contribution < 1.29 is 9.59 Å². The van der Waals surface area contributed by atoms with E-state index in [2.05, 4.69) is 25.6 Å². The number of primary amides is 1. The van der Waals surface area contributed by atoms with Crippen molar-refractivity contribution in [1.29, 1.82) is 0 Å². The molecule has 5 rings (SSSR count). The van der Waals surface area contributed by atoms with Gasteiger partial charge in [-0.15, -0.1) is 0 Å². The Morgan fingerprint density at radius 2 is 1.88 bits per heavy atom. The maximum absolute atomic E-state index is 12.8. The smallest absolute Gasteiger partial charge is 0.270 e. The molecule has 0 spiro atoms. The van der Waals surface area contributed by atoms with Crippen molar-refractivity contribution >= 4 is 49.9 Å². The largest absolute Gasteiger partial charge is 0.364 e. The highest BCUT2D eigenvalue weighted by molar-refractivity contribution is 7.20. The summed E-state index contributed by atoms with van der Waals surface area (Å²) in [7, 11) is 0. The van der Waals surface area contributed by atoms with Crippen LogP contribution in [0.4, 0.5) is 15.8 Å². The average Bonchev–Trinajstić information content (AvgIpc) is 3.50. The molecule has 4 N–H and O–H groups in total. The number of nitrogens with zero attached hydrogens (tertiary/aromatic N) is 4. The van der Waals surface area contributed by atoms with Gasteiger partial charge in [-0.25, -0.2) is 9.97 Å². The Balaban J connectivity index is 1.35. The highest BCUT2D eigenvalue weighted by Gasteiger charge is 2.19. The lowest BCUT2D eigenvalue weighted by Crippen LogP contribution is -2.17. The van der Waals surface area contributed by atoms with Crippen molar-refractivity contribution in [3.05, 3.63) is 96.3 Å². The molecule has 0 aliphatic rings. The summed E-state index contributed by atoms with van der Waals surface area (Å²) in [5.74, 6) is -1.09. The van der Waals surface area contributed by atoms with Gasteiger partial charge < -0.3 is 20.9 Å². The average molecular weight is 470 g/mol. The maximum Gasteiger partial charge on any atom is 0.270 e. The normalized spacial score (nSPS) is 10.8. The Bertz CT molecular complexity index is 1470. The molecular weight excluding hydrogens is 450 g/mol. The van der Waals surface area contributed by atoms with Crippen molar-refractivity contribution in [1.82, 2.24) is 19.5 Å². The van der Waals surface area contributed by atoms with E-state index in [-0.39, 0.29) is 16.6 Å². The van der Waals surface area contributed by atoms with E-state index in [0.29, 0.717) is 17.2 Å². The summed E-state index contributed by atoms with van der Waals surface area (Å²) in [5.41, 5.74) is 8.60. The number of fused-ring (bicyclic) bond motifs is 1. The number of nitrogens with one attached hydrogen (secondary N) is 2. The summed E-state index contributed by atoms with van der Waals surface area (Å²) in [6.07, 6.45) is 7.04. The molecule has 168 valence electrons. The van der Waals surface area contributed by atoms with E-state index in [0.717, 1.165) is 33.5 Å². The molecule has 2 amide bonds. The third-order valence-electron chi connectivity index (χ3n) is 5.12. The molecule has 0 saturated heterocycles. The van der Waals surface area contributed by atoms with Gasteiger partial charge in [0, 0.05) is 41.8 Å². The number of amides is 2. The number of aromatic nitrogens is 4. The Kier molecular flexibility index (Phi) is 5.71. The number of hydrogen-bond acceptors (Lipinski definition) is 7. The van der Waals surface area contributed by atoms with Crippen LogP contribution < -0.4 is 16.4 Å². The first-order valence-corrected chi connectivity index (χ1v) is 11.2. The van der Waals surface area contributed by atoms with E-state index in [9.17, 15) is 9.59 Å². The molecular formula is C24H19N7O2S. The number of anilines is 3. The minimum atomic E-state index is -0.727. The SMILES string of the molecule is NC(=O)c1nc(Nc2cccc3ncccc23)sc1NC(=O)c1ccc(Cn2ccnc2)cc1. The Labute approximate surface area is 198 Å². The van der Waals surface area contributed by atoms with Gasteiger partial charge >= 0.3 is 0 Å². The summed E-state index contributed by atoms with van der Waals surface area (Å²) >= 11 is 1.13. The lowest BCUT2D eigenvalue weighted by molar-refractivity contribution is 0.0997. The summed E-state index contributed by atoms with van der Waals surface area (Å²) in [6, 6.07) is 16.7. The Morgan fingerprint density at radius 3 is 2.65 bits per heavy atom. The predicted molar refractivity (Wildman–Crippen MR) is 131 cm³/mol. The number of imidazole rings is 1. The summed E-state index contributed by atoms with van der Waals surface area (Å²) in [5, 5.41) is 7.58. The van der Waals surface area contributed by atoms with Crippen molar-refractivity contribution in [3.63, 3.8) is 0 Å². The third-order valence-corrected chi connectivity index (χ3v) is 6.00. The van der Waals surface area contributed by atoms with E-state index >= 15 is 0 Å². The minimum Gasteiger partial charge on any atom is -0.364 e. The van der Waals surface area contributed by atoms with Gasteiger partial charge in [-0.2, -0.15) is 0 Å². The monoisotopic (exact) mass is 469 g/mol. The van der Waals surface area contributed by atoms with E-state index in [1.54, 1.807) is 30.9 Å². The van der Waals surface area contributed by atoms with Crippen LogP contribution in [0, 0.1) is 0 Å². The van der Waals surface area contributed by atoms with Crippen molar-refractivity contribution in [2.45, 2.75) is 6.54 Å². The van der Waals surface area contributed by atoms with E-state index < -0.39 is 5.91 Å². The number of nitrogens with two attached hydrogens (primary N) is 1. The summed E-state index contributed by atoms with van der Waals surface area (Å²) in [4.78, 5) is 37.5. The van der Waals surface area contributed by atoms with Gasteiger partial charge in [-0.1, -0.05) is 29.5 Å². The number of rotatable bonds is 7. The molecule has 3 aromatic heterocycles. The molecule has 0 unspecified atom stereocenters. The van der Waals surface area contributed by atoms with Crippen molar-refractivity contribution in [2.75, 3.05) is 10.6 Å². The molecule has 0 bridgehead atoms. The maximum atomic E-state index is 12.8. The van der Waals surface area contributed by atoms with E-state index in [4.69, 9.17) is 5.73 Å². The minimum absolute atomic E-state index is 0.00376. The fourth-order valence-corrected chi connectivity index (χ4v) is 4.36. The molecule has 2 aromatic carbocycles. The molecule has 3 heterocycles. The number of thiazole rings is 1. The molecule has 0 aliphatic carbocycles. The van der Waals surface area contributed by atoms with Gasteiger partial charge in [0.25, 0.3) is 11.8 Å². The van der Waals surface area contributed by atoms with Crippen molar-refractivity contribution in [2.24, 2.45) is 5.73 Å². The first kappa shape index (κ1) is 21.3. The lowest BCUT2D eigenvalue weighted by atomic mass is 10.1. The van der Waals surface area contributed by atoms with Gasteiger partial charge in [0.15, 0.2) is 10.8 Å². The standard InChI is InChI=1S/C24H19N7O2S/c25-21(32)20-23(30-22(33)16-8-6-15(7-9-16)13-31-12-11-26-14-31)34-24(29-20)28-19-5-1-4-18-17(19)3-2-10-27-18/h1-12,14H,13H2,(H2,25,32)(H,28,29)(H,30,33). The first-order chi connectivity index (χ1) is 16.6. The highest BCUT2D eigenvalue weighted by atomic mass is 32.1. The number of benzene rings is 2. The van der Waals surface area contributed by atoms with E-state index in [1.165, 1.54) is 0 Å². The zero-order chi connectivity index (χ0) is 23.5. The van der Waals surface area contributed by atoms with Crippen LogP contribution in [0.2, 0.25) is 0 Å². The second-order valence-corrected chi connectivity index (χ2v) is 8.45. The summed E-state index contributed by atoms with van der Waals surface area (Å²) < 4.78 is 1.94. The van der Waals surface area contributed by atoms with Crippen LogP contribution in [0.5, 0.6) is 0 Å². The first-order valence-electron chi connectivity index (χ1n) is 10.3. The molecule has 0 radical (unpaired) electrons. The van der Waals surface area contributed by atoms with Crippen LogP contribution >= 0.6 is 11.3 Å². The molecule has 34 heavy (non-hydrogen) atoms. The Morgan fingerprint density at radius 1 is 1.03 bits per heavy atom. The third kappa shape index (κ3) is 4.48. The van der Waals surface area contributed by atoms with Gasteiger partial charge in [-0.3, -0.25) is 14.6 Å². The quantitative estimate of drug-likeness (QED) is 0.330. The molecule has 9 nitrogen and oxygen atoms in total. The lowest BCUT2D eigenvalue weighted by Gasteiger charge is -2.06. The summed E-state index contributed by atoms with van der Waals surface area (Å²) in [6.45, 7) is 0.654. The number of carbonyl (C=O) groups is 2. The predicted octanol–water partition coefficient (Wildman–Crippen LogP) is 4.03. The second-order valence-electron chi connectivity index (χ2n) is 7.45. The zero-order valence-electron chi connectivity index (χ0n) is 17.8. The molecule has 0 atom stereocenters. The topological polar surface area (TPSA) is 128 Å². The molecule has 5 aromatic rings. The van der Waals surface area contributed by atoms with E-state index in [1.807, 2.05) is 53.2 Å². The van der Waals surface area contributed by atoms with Crippen molar-refractivity contribution in [3.8, 4) is 0 Å². The van der Waals surface area contributed by atoms with Crippen LogP contribution in [-0.4, -0.2) is 31.3 Å². The second kappa shape index (κ2) is 9.12. The zero-order valence-corrected chi connectivity index (χ0v) is 18.6. The molecule has 0 fully saturated rings. The van der Waals surface area contributed by atoms with Crippen LogP contribution in [0.15, 0.2) is 79.5 Å². The Hall–Kier alpha value is -4.57. The number of pyridine rings is 1. The highest BCUT2D eigenvalue weighted by Crippen LogP contribution is 2.33.